The van der Waals surface area contributed by atoms with Crippen molar-refractivity contribution in [1.29, 1.82) is 0 Å². The Hall–Kier alpha value is -0.740. The van der Waals surface area contributed by atoms with E-state index in [0.29, 0.717) is 25.7 Å². The van der Waals surface area contributed by atoms with Crippen LogP contribution in [-0.2, 0) is 14.9 Å². The van der Waals surface area contributed by atoms with Crippen molar-refractivity contribution >= 4 is 16.1 Å². The van der Waals surface area contributed by atoms with E-state index in [1.54, 1.807) is 0 Å². The maximum atomic E-state index is 11.9. The van der Waals surface area contributed by atoms with Gasteiger partial charge in [-0.2, -0.15) is 8.42 Å². The van der Waals surface area contributed by atoms with Crippen LogP contribution in [0.3, 0.4) is 0 Å². The molecule has 5 N–H and O–H groups in total. The SMILES string of the molecule is CC(CCC(=O)O)C1CCC2C3C(O)CC4CC(O)(S(=O)(=O)O)CCC4(C)C3CC(O)C12C. The number of carboxylic acids is 1. The second kappa shape index (κ2) is 8.15. The van der Waals surface area contributed by atoms with Gasteiger partial charge in [0.15, 0.2) is 4.93 Å². The second-order valence-corrected chi connectivity index (χ2v) is 13.8. The summed E-state index contributed by atoms with van der Waals surface area (Å²) in [4.78, 5) is 8.92. The zero-order valence-corrected chi connectivity index (χ0v) is 20.7. The van der Waals surface area contributed by atoms with E-state index < -0.39 is 38.6 Å². The number of aliphatic hydroxyl groups excluding tert-OH is 2. The lowest BCUT2D eigenvalue weighted by atomic mass is 9.43. The number of aliphatic carboxylic acids is 1. The van der Waals surface area contributed by atoms with Crippen LogP contribution in [0.25, 0.3) is 0 Å². The van der Waals surface area contributed by atoms with Crippen molar-refractivity contribution in [2.24, 2.45) is 46.3 Å². The number of carbonyl (C=O) groups is 1. The molecule has 0 saturated heterocycles. The molecule has 33 heavy (non-hydrogen) atoms. The van der Waals surface area contributed by atoms with Crippen molar-refractivity contribution in [3.8, 4) is 0 Å². The minimum absolute atomic E-state index is 0.00153. The molecule has 0 heterocycles. The van der Waals surface area contributed by atoms with Crippen LogP contribution < -0.4 is 0 Å². The molecule has 0 aromatic rings. The lowest BCUT2D eigenvalue weighted by Crippen LogP contribution is -2.63. The molecule has 4 saturated carbocycles. The predicted octanol–water partition coefficient (Wildman–Crippen LogP) is 2.66. The van der Waals surface area contributed by atoms with Crippen LogP contribution in [-0.4, -0.2) is 56.5 Å². The summed E-state index contributed by atoms with van der Waals surface area (Å²) in [6.45, 7) is 6.29. The van der Waals surface area contributed by atoms with Crippen LogP contribution in [0.4, 0.5) is 0 Å². The average Bonchev–Trinajstić information content (AvgIpc) is 3.06. The van der Waals surface area contributed by atoms with E-state index in [9.17, 15) is 33.1 Å². The molecule has 0 aromatic carbocycles. The molecular formula is C24H40O8S. The lowest BCUT2D eigenvalue weighted by Gasteiger charge is -2.64. The van der Waals surface area contributed by atoms with Crippen LogP contribution >= 0.6 is 0 Å². The van der Waals surface area contributed by atoms with Crippen LogP contribution in [0.5, 0.6) is 0 Å². The Morgan fingerprint density at radius 2 is 1.76 bits per heavy atom. The summed E-state index contributed by atoms with van der Waals surface area (Å²) in [5, 5.41) is 42.6. The van der Waals surface area contributed by atoms with Crippen molar-refractivity contribution in [2.75, 3.05) is 0 Å². The van der Waals surface area contributed by atoms with Crippen LogP contribution in [0.2, 0.25) is 0 Å². The maximum absolute atomic E-state index is 11.9. The molecular weight excluding hydrogens is 448 g/mol. The van der Waals surface area contributed by atoms with E-state index in [-0.39, 0.29) is 60.2 Å². The van der Waals surface area contributed by atoms with Gasteiger partial charge in [0.1, 0.15) is 0 Å². The molecule has 0 aliphatic heterocycles. The Morgan fingerprint density at radius 1 is 1.09 bits per heavy atom. The standard InChI is InChI=1S/C24H40O8S/c1-13(4-7-20(27)28)15-5-6-16-21-17(11-19(26)23(15,16)3)22(2)8-9-24(29,33(30,31)32)12-14(22)10-18(21)25/h13-19,21,25-26,29H,4-12H2,1-3H3,(H,27,28)(H,30,31,32). The predicted molar refractivity (Wildman–Crippen MR) is 121 cm³/mol. The Morgan fingerprint density at radius 3 is 2.36 bits per heavy atom. The van der Waals surface area contributed by atoms with E-state index in [2.05, 4.69) is 20.8 Å². The largest absolute Gasteiger partial charge is 0.481 e. The first-order valence-corrected chi connectivity index (χ1v) is 13.9. The van der Waals surface area contributed by atoms with Crippen molar-refractivity contribution in [3.63, 3.8) is 0 Å². The van der Waals surface area contributed by atoms with Gasteiger partial charge >= 0.3 is 5.97 Å². The number of aliphatic hydroxyl groups is 3. The first-order valence-electron chi connectivity index (χ1n) is 12.4. The molecule has 0 amide bonds. The van der Waals surface area contributed by atoms with E-state index in [0.717, 1.165) is 12.8 Å². The van der Waals surface area contributed by atoms with Crippen LogP contribution in [0.1, 0.15) is 78.6 Å². The third-order valence-electron chi connectivity index (χ3n) is 10.9. The van der Waals surface area contributed by atoms with Crippen molar-refractivity contribution < 1.29 is 38.2 Å². The van der Waals surface area contributed by atoms with Gasteiger partial charge < -0.3 is 20.4 Å². The highest BCUT2D eigenvalue weighted by molar-refractivity contribution is 7.87. The van der Waals surface area contributed by atoms with E-state index in [1.165, 1.54) is 0 Å². The highest BCUT2D eigenvalue weighted by Crippen LogP contribution is 2.69. The fourth-order valence-electron chi connectivity index (χ4n) is 8.90. The topological polar surface area (TPSA) is 152 Å². The molecule has 8 nitrogen and oxygen atoms in total. The summed E-state index contributed by atoms with van der Waals surface area (Å²) >= 11 is 0. The third-order valence-corrected chi connectivity index (χ3v) is 12.2. The van der Waals surface area contributed by atoms with Gasteiger partial charge in [-0.1, -0.05) is 20.8 Å². The van der Waals surface area contributed by atoms with Gasteiger partial charge in [-0.25, -0.2) is 0 Å². The molecule has 9 heteroatoms. The lowest BCUT2D eigenvalue weighted by molar-refractivity contribution is -0.209. The molecule has 4 rings (SSSR count). The summed E-state index contributed by atoms with van der Waals surface area (Å²) in [6, 6.07) is 0. The fourth-order valence-corrected chi connectivity index (χ4v) is 9.67. The normalized spacial score (nSPS) is 50.7. The minimum Gasteiger partial charge on any atom is -0.481 e. The number of hydrogen-bond acceptors (Lipinski definition) is 6. The quantitative estimate of drug-likeness (QED) is 0.370. The molecule has 190 valence electrons. The Kier molecular flexibility index (Phi) is 6.26. The minimum atomic E-state index is -4.63. The van der Waals surface area contributed by atoms with Gasteiger partial charge in [-0.3, -0.25) is 9.35 Å². The summed E-state index contributed by atoms with van der Waals surface area (Å²) < 4.78 is 33.3. The summed E-state index contributed by atoms with van der Waals surface area (Å²) in [7, 11) is -4.63. The van der Waals surface area contributed by atoms with Gasteiger partial charge in [0.2, 0.25) is 0 Å². The van der Waals surface area contributed by atoms with Gasteiger partial charge in [0.05, 0.1) is 12.2 Å². The molecule has 4 aliphatic rings. The summed E-state index contributed by atoms with van der Waals surface area (Å²) in [6.07, 6.45) is 2.35. The number of carboxylic acid groups (broad SMARTS) is 1. The molecule has 0 radical (unpaired) electrons. The van der Waals surface area contributed by atoms with E-state index in [4.69, 9.17) is 5.11 Å². The van der Waals surface area contributed by atoms with Crippen molar-refractivity contribution in [2.45, 2.75) is 95.7 Å². The van der Waals surface area contributed by atoms with E-state index in [1.807, 2.05) is 0 Å². The highest BCUT2D eigenvalue weighted by atomic mass is 32.2. The summed E-state index contributed by atoms with van der Waals surface area (Å²) in [5.41, 5.74) is -0.733. The smallest absolute Gasteiger partial charge is 0.303 e. The summed E-state index contributed by atoms with van der Waals surface area (Å²) in [5.74, 6) is -0.644. The van der Waals surface area contributed by atoms with Gasteiger partial charge in [0, 0.05) is 6.42 Å². The first-order chi connectivity index (χ1) is 15.1. The first kappa shape index (κ1) is 25.4. The third kappa shape index (κ3) is 3.77. The molecule has 4 fully saturated rings. The average molecular weight is 489 g/mol. The zero-order chi connectivity index (χ0) is 24.6. The molecule has 11 unspecified atom stereocenters. The van der Waals surface area contributed by atoms with Crippen molar-refractivity contribution in [1.82, 2.24) is 0 Å². The van der Waals surface area contributed by atoms with Gasteiger partial charge in [-0.15, -0.1) is 0 Å². The number of rotatable bonds is 5. The molecule has 0 bridgehead atoms. The van der Waals surface area contributed by atoms with E-state index >= 15 is 0 Å². The Balaban J connectivity index is 1.62. The molecule has 0 aromatic heterocycles. The second-order valence-electron chi connectivity index (χ2n) is 12.1. The van der Waals surface area contributed by atoms with Crippen LogP contribution in [0.15, 0.2) is 0 Å². The monoisotopic (exact) mass is 488 g/mol. The number of fused-ring (bicyclic) bond motifs is 5. The highest BCUT2D eigenvalue weighted by Gasteiger charge is 2.67. The Bertz CT molecular complexity index is 891. The molecule has 4 aliphatic carbocycles. The van der Waals surface area contributed by atoms with Gasteiger partial charge in [-0.05, 0) is 97.7 Å². The fraction of sp³-hybridized carbons (Fsp3) is 0.958. The van der Waals surface area contributed by atoms with Crippen molar-refractivity contribution in [3.05, 3.63) is 0 Å². The molecule has 0 spiro atoms. The zero-order valence-electron chi connectivity index (χ0n) is 19.9. The number of hydrogen-bond donors (Lipinski definition) is 5. The van der Waals surface area contributed by atoms with Gasteiger partial charge in [0.25, 0.3) is 10.1 Å². The Labute approximate surface area is 196 Å². The molecule has 11 atom stereocenters. The maximum Gasteiger partial charge on any atom is 0.303 e. The van der Waals surface area contributed by atoms with Crippen LogP contribution in [0, 0.1) is 46.3 Å².